The molecule has 9 heteroatoms. The number of carbonyl (C=O) groups excluding carboxylic acids is 1. The standard InChI is InChI=1S/C27H23N5O3S/c1-2-14-36(34,35)21-8-9-23-24(16-21)31-27(30-23)32-26(33)20-15-22(18-10-12-28-13-11-18)25(29-17-20)19-6-4-3-5-7-19/h3-13,15-17H,2,14H2,1H3,(H2,30,31,32,33). The van der Waals surface area contributed by atoms with Crippen molar-refractivity contribution in [2.75, 3.05) is 11.1 Å². The quantitative estimate of drug-likeness (QED) is 0.322. The molecule has 0 fully saturated rings. The Balaban J connectivity index is 1.47. The zero-order chi connectivity index (χ0) is 25.1. The Hall–Kier alpha value is -4.37. The minimum absolute atomic E-state index is 0.0715. The van der Waals surface area contributed by atoms with Crippen LogP contribution < -0.4 is 5.32 Å². The van der Waals surface area contributed by atoms with Gasteiger partial charge in [-0.3, -0.25) is 20.1 Å². The van der Waals surface area contributed by atoms with Crippen LogP contribution in [0.15, 0.2) is 90.2 Å². The average Bonchev–Trinajstić information content (AvgIpc) is 3.31. The number of hydrogen-bond donors (Lipinski definition) is 2. The normalized spacial score (nSPS) is 11.5. The number of nitrogens with zero attached hydrogens (tertiary/aromatic N) is 3. The molecule has 180 valence electrons. The number of anilines is 1. The van der Waals surface area contributed by atoms with Gasteiger partial charge in [-0.25, -0.2) is 13.4 Å². The maximum Gasteiger partial charge on any atom is 0.259 e. The zero-order valence-corrected chi connectivity index (χ0v) is 20.3. The van der Waals surface area contributed by atoms with Gasteiger partial charge in [-0.05, 0) is 48.4 Å². The fourth-order valence-electron chi connectivity index (χ4n) is 3.97. The Morgan fingerprint density at radius 1 is 0.972 bits per heavy atom. The van der Waals surface area contributed by atoms with Crippen molar-refractivity contribution in [1.82, 2.24) is 19.9 Å². The van der Waals surface area contributed by atoms with Crippen molar-refractivity contribution in [3.63, 3.8) is 0 Å². The lowest BCUT2D eigenvalue weighted by Crippen LogP contribution is -2.13. The Kier molecular flexibility index (Phi) is 6.30. The number of hydrogen-bond acceptors (Lipinski definition) is 6. The first-order valence-electron chi connectivity index (χ1n) is 11.4. The lowest BCUT2D eigenvalue weighted by molar-refractivity contribution is 0.102. The highest BCUT2D eigenvalue weighted by Crippen LogP contribution is 2.31. The molecule has 0 aliphatic carbocycles. The number of pyridine rings is 2. The molecule has 3 aromatic heterocycles. The molecule has 0 saturated carbocycles. The predicted molar refractivity (Wildman–Crippen MR) is 139 cm³/mol. The van der Waals surface area contributed by atoms with Crippen LogP contribution in [0.1, 0.15) is 23.7 Å². The number of nitrogens with one attached hydrogen (secondary N) is 2. The summed E-state index contributed by atoms with van der Waals surface area (Å²) < 4.78 is 24.8. The van der Waals surface area contributed by atoms with Gasteiger partial charge in [-0.15, -0.1) is 0 Å². The summed E-state index contributed by atoms with van der Waals surface area (Å²) in [7, 11) is -3.36. The Morgan fingerprint density at radius 3 is 2.50 bits per heavy atom. The van der Waals surface area contributed by atoms with Crippen molar-refractivity contribution in [1.29, 1.82) is 0 Å². The molecule has 0 atom stereocenters. The van der Waals surface area contributed by atoms with Crippen molar-refractivity contribution in [3.05, 3.63) is 90.9 Å². The van der Waals surface area contributed by atoms with Crippen molar-refractivity contribution < 1.29 is 13.2 Å². The molecule has 0 radical (unpaired) electrons. The lowest BCUT2D eigenvalue weighted by atomic mass is 9.98. The monoisotopic (exact) mass is 497 g/mol. The largest absolute Gasteiger partial charge is 0.324 e. The van der Waals surface area contributed by atoms with E-state index in [1.807, 2.05) is 49.4 Å². The van der Waals surface area contributed by atoms with E-state index in [0.29, 0.717) is 23.0 Å². The number of H-pyrrole nitrogens is 1. The van der Waals surface area contributed by atoms with Crippen LogP contribution in [0.5, 0.6) is 0 Å². The van der Waals surface area contributed by atoms with Gasteiger partial charge in [0.05, 0.1) is 32.9 Å². The third-order valence-electron chi connectivity index (χ3n) is 5.71. The number of amides is 1. The molecule has 2 aromatic carbocycles. The van der Waals surface area contributed by atoms with Crippen LogP contribution in [0.2, 0.25) is 0 Å². The number of carbonyl (C=O) groups is 1. The van der Waals surface area contributed by atoms with Crippen molar-refractivity contribution in [2.24, 2.45) is 0 Å². The number of aromatic nitrogens is 4. The molecule has 2 N–H and O–H groups in total. The van der Waals surface area contributed by atoms with Gasteiger partial charge in [0.2, 0.25) is 5.95 Å². The van der Waals surface area contributed by atoms with Crippen LogP contribution in [0.25, 0.3) is 33.4 Å². The third kappa shape index (κ3) is 4.73. The van der Waals surface area contributed by atoms with Gasteiger partial charge >= 0.3 is 0 Å². The Labute approximate surface area is 208 Å². The fourth-order valence-corrected chi connectivity index (χ4v) is 5.32. The summed E-state index contributed by atoms with van der Waals surface area (Å²) in [5, 5.41) is 2.76. The molecular formula is C27H23N5O3S. The highest BCUT2D eigenvalue weighted by atomic mass is 32.2. The second-order valence-electron chi connectivity index (χ2n) is 8.26. The summed E-state index contributed by atoms with van der Waals surface area (Å²) >= 11 is 0. The Morgan fingerprint density at radius 2 is 1.75 bits per heavy atom. The molecule has 1 amide bonds. The molecule has 8 nitrogen and oxygen atoms in total. The van der Waals surface area contributed by atoms with Crippen LogP contribution in [-0.2, 0) is 9.84 Å². The van der Waals surface area contributed by atoms with E-state index in [1.165, 1.54) is 12.3 Å². The van der Waals surface area contributed by atoms with Gasteiger partial charge in [-0.2, -0.15) is 0 Å². The molecular weight excluding hydrogens is 474 g/mol. The van der Waals surface area contributed by atoms with Gasteiger partial charge in [0.25, 0.3) is 5.91 Å². The summed E-state index contributed by atoms with van der Waals surface area (Å²) in [6.07, 6.45) is 5.45. The van der Waals surface area contributed by atoms with E-state index in [0.717, 1.165) is 22.4 Å². The molecule has 5 aromatic rings. The van der Waals surface area contributed by atoms with Crippen molar-refractivity contribution in [2.45, 2.75) is 18.2 Å². The topological polar surface area (TPSA) is 118 Å². The third-order valence-corrected chi connectivity index (χ3v) is 7.62. The highest BCUT2D eigenvalue weighted by molar-refractivity contribution is 7.91. The van der Waals surface area contributed by atoms with Crippen LogP contribution in [0.4, 0.5) is 5.95 Å². The maximum absolute atomic E-state index is 13.1. The van der Waals surface area contributed by atoms with Gasteiger partial charge in [0.1, 0.15) is 0 Å². The number of fused-ring (bicyclic) bond motifs is 1. The van der Waals surface area contributed by atoms with Crippen molar-refractivity contribution >= 4 is 32.7 Å². The van der Waals surface area contributed by atoms with Gasteiger partial charge < -0.3 is 4.98 Å². The number of benzene rings is 2. The van der Waals surface area contributed by atoms with Gasteiger partial charge in [-0.1, -0.05) is 37.3 Å². The van der Waals surface area contributed by atoms with Crippen molar-refractivity contribution in [3.8, 4) is 22.4 Å². The van der Waals surface area contributed by atoms with E-state index in [9.17, 15) is 13.2 Å². The van der Waals surface area contributed by atoms with E-state index in [2.05, 4.69) is 25.3 Å². The number of sulfone groups is 1. The summed E-state index contributed by atoms with van der Waals surface area (Å²) in [5.41, 5.74) is 4.80. The van der Waals surface area contributed by atoms with Crippen LogP contribution in [0, 0.1) is 0 Å². The van der Waals surface area contributed by atoms with Crippen LogP contribution in [0.3, 0.4) is 0 Å². The Bertz CT molecular complexity index is 1650. The summed E-state index contributed by atoms with van der Waals surface area (Å²) in [5.74, 6) is -0.102. The summed E-state index contributed by atoms with van der Waals surface area (Å²) in [4.78, 5) is 29.4. The second kappa shape index (κ2) is 9.71. The van der Waals surface area contributed by atoms with E-state index >= 15 is 0 Å². The molecule has 3 heterocycles. The highest BCUT2D eigenvalue weighted by Gasteiger charge is 2.17. The molecule has 0 unspecified atom stereocenters. The second-order valence-corrected chi connectivity index (χ2v) is 10.4. The lowest BCUT2D eigenvalue weighted by Gasteiger charge is -2.11. The van der Waals surface area contributed by atoms with E-state index < -0.39 is 15.7 Å². The maximum atomic E-state index is 13.1. The van der Waals surface area contributed by atoms with Crippen LogP contribution >= 0.6 is 0 Å². The zero-order valence-electron chi connectivity index (χ0n) is 19.5. The molecule has 0 saturated heterocycles. The molecule has 0 aliphatic heterocycles. The first kappa shape index (κ1) is 23.4. The predicted octanol–water partition coefficient (Wildman–Crippen LogP) is 5.12. The summed E-state index contributed by atoms with van der Waals surface area (Å²) in [6.45, 7) is 1.82. The minimum Gasteiger partial charge on any atom is -0.324 e. The molecule has 5 rings (SSSR count). The SMILES string of the molecule is CCCS(=O)(=O)c1ccc2nc(NC(=O)c3cnc(-c4ccccc4)c(-c4ccncc4)c3)[nH]c2c1. The molecule has 0 aliphatic rings. The van der Waals surface area contributed by atoms with E-state index in [-0.39, 0.29) is 16.6 Å². The fraction of sp³-hybridized carbons (Fsp3) is 0.111. The van der Waals surface area contributed by atoms with Gasteiger partial charge in [0.15, 0.2) is 9.84 Å². The number of rotatable bonds is 7. The smallest absolute Gasteiger partial charge is 0.259 e. The first-order valence-corrected chi connectivity index (χ1v) is 13.1. The van der Waals surface area contributed by atoms with Gasteiger partial charge in [0, 0.05) is 29.7 Å². The number of aromatic amines is 1. The van der Waals surface area contributed by atoms with E-state index in [4.69, 9.17) is 0 Å². The van der Waals surface area contributed by atoms with E-state index in [1.54, 1.807) is 30.6 Å². The average molecular weight is 498 g/mol. The first-order chi connectivity index (χ1) is 17.4. The van der Waals surface area contributed by atoms with Crippen LogP contribution in [-0.4, -0.2) is 40.0 Å². The molecule has 36 heavy (non-hydrogen) atoms. The number of imidazole rings is 1. The summed E-state index contributed by atoms with van der Waals surface area (Å²) in [6, 6.07) is 20.0. The minimum atomic E-state index is -3.36. The molecule has 0 spiro atoms. The molecule has 0 bridgehead atoms.